The molecule has 108 valence electrons. The lowest BCUT2D eigenvalue weighted by Gasteiger charge is -2.15. The molecular formula is C14H24N2O2S. The van der Waals surface area contributed by atoms with E-state index in [2.05, 4.69) is 18.6 Å². The van der Waals surface area contributed by atoms with Gasteiger partial charge in [0.25, 0.3) is 0 Å². The molecule has 1 aromatic carbocycles. The monoisotopic (exact) mass is 284 g/mol. The van der Waals surface area contributed by atoms with Crippen molar-refractivity contribution in [2.24, 2.45) is 11.7 Å². The first-order valence-corrected chi connectivity index (χ1v) is 8.15. The van der Waals surface area contributed by atoms with Crippen molar-refractivity contribution in [3.63, 3.8) is 0 Å². The van der Waals surface area contributed by atoms with E-state index < -0.39 is 10.0 Å². The summed E-state index contributed by atoms with van der Waals surface area (Å²) >= 11 is 0. The van der Waals surface area contributed by atoms with Gasteiger partial charge < -0.3 is 5.73 Å². The minimum Gasteiger partial charge on any atom is -0.326 e. The normalized spacial score (nSPS) is 13.7. The molecule has 0 bridgehead atoms. The molecule has 0 aliphatic heterocycles. The Morgan fingerprint density at radius 2 is 1.68 bits per heavy atom. The molecule has 0 aliphatic rings. The number of benzene rings is 1. The molecule has 1 atom stereocenters. The molecule has 4 nitrogen and oxygen atoms in total. The lowest BCUT2D eigenvalue weighted by molar-refractivity contribution is 0.485. The summed E-state index contributed by atoms with van der Waals surface area (Å²) in [5, 5.41) is 0. The van der Waals surface area contributed by atoms with E-state index in [1.165, 1.54) is 0 Å². The predicted molar refractivity (Wildman–Crippen MR) is 78.2 cm³/mol. The van der Waals surface area contributed by atoms with Gasteiger partial charge in [-0.2, -0.15) is 0 Å². The molecule has 1 aromatic rings. The second-order valence-corrected chi connectivity index (χ2v) is 7.06. The molecule has 0 spiro atoms. The van der Waals surface area contributed by atoms with Crippen molar-refractivity contribution >= 4 is 10.0 Å². The van der Waals surface area contributed by atoms with Gasteiger partial charge in [-0.1, -0.05) is 26.0 Å². The maximum absolute atomic E-state index is 12.1. The number of rotatable bonds is 7. The summed E-state index contributed by atoms with van der Waals surface area (Å²) in [4.78, 5) is 0.293. The summed E-state index contributed by atoms with van der Waals surface area (Å²) in [5.74, 6) is 0.579. The lowest BCUT2D eigenvalue weighted by Crippen LogP contribution is -2.32. The van der Waals surface area contributed by atoms with Crippen molar-refractivity contribution in [3.8, 4) is 0 Å². The van der Waals surface area contributed by atoms with Crippen LogP contribution in [-0.4, -0.2) is 14.5 Å². The third-order valence-electron chi connectivity index (χ3n) is 3.00. The topological polar surface area (TPSA) is 72.2 Å². The minimum atomic E-state index is -3.42. The van der Waals surface area contributed by atoms with E-state index in [9.17, 15) is 8.42 Å². The average molecular weight is 284 g/mol. The average Bonchev–Trinajstić information content (AvgIpc) is 2.36. The highest BCUT2D eigenvalue weighted by atomic mass is 32.2. The van der Waals surface area contributed by atoms with Crippen LogP contribution in [-0.2, 0) is 16.6 Å². The summed E-state index contributed by atoms with van der Waals surface area (Å²) in [5.41, 5.74) is 6.42. The van der Waals surface area contributed by atoms with Crippen LogP contribution in [0, 0.1) is 5.92 Å². The molecule has 0 amide bonds. The summed E-state index contributed by atoms with van der Waals surface area (Å²) in [6.07, 6.45) is 1.85. The highest BCUT2D eigenvalue weighted by Gasteiger charge is 2.17. The highest BCUT2D eigenvalue weighted by molar-refractivity contribution is 7.89. The van der Waals surface area contributed by atoms with Gasteiger partial charge >= 0.3 is 0 Å². The Balaban J connectivity index is 2.69. The molecule has 1 unspecified atom stereocenters. The Labute approximate surface area is 116 Å². The van der Waals surface area contributed by atoms with E-state index in [0.29, 0.717) is 17.4 Å². The van der Waals surface area contributed by atoms with Gasteiger partial charge in [0.15, 0.2) is 0 Å². The van der Waals surface area contributed by atoms with Crippen LogP contribution in [0.5, 0.6) is 0 Å². The van der Waals surface area contributed by atoms with Gasteiger partial charge in [-0.25, -0.2) is 13.1 Å². The van der Waals surface area contributed by atoms with Gasteiger partial charge in [-0.05, 0) is 43.4 Å². The molecule has 3 N–H and O–H groups in total. The molecule has 0 heterocycles. The van der Waals surface area contributed by atoms with Crippen molar-refractivity contribution in [1.29, 1.82) is 0 Å². The fraction of sp³-hybridized carbons (Fsp3) is 0.571. The molecule has 0 aliphatic carbocycles. The highest BCUT2D eigenvalue weighted by Crippen LogP contribution is 2.13. The van der Waals surface area contributed by atoms with Crippen LogP contribution in [0.1, 0.15) is 39.2 Å². The van der Waals surface area contributed by atoms with Crippen molar-refractivity contribution in [2.45, 2.75) is 51.1 Å². The van der Waals surface area contributed by atoms with Crippen LogP contribution in [0.4, 0.5) is 0 Å². The Kier molecular flexibility index (Phi) is 5.97. The quantitative estimate of drug-likeness (QED) is 0.806. The van der Waals surface area contributed by atoms with E-state index >= 15 is 0 Å². The van der Waals surface area contributed by atoms with E-state index in [4.69, 9.17) is 5.73 Å². The fourth-order valence-corrected chi connectivity index (χ4v) is 3.06. The molecule has 0 fully saturated rings. The molecule has 19 heavy (non-hydrogen) atoms. The standard InChI is InChI=1S/C14H24N2O2S/c1-11(2)4-5-12(3)16-19(17,18)14-8-6-13(10-15)7-9-14/h6-9,11-12,16H,4-5,10,15H2,1-3H3. The van der Waals surface area contributed by atoms with Crippen molar-refractivity contribution < 1.29 is 8.42 Å². The van der Waals surface area contributed by atoms with Gasteiger partial charge in [-0.15, -0.1) is 0 Å². The van der Waals surface area contributed by atoms with E-state index in [0.717, 1.165) is 18.4 Å². The molecule has 0 aromatic heterocycles. The molecule has 1 rings (SSSR count). The number of sulfonamides is 1. The van der Waals surface area contributed by atoms with Gasteiger partial charge in [0, 0.05) is 12.6 Å². The van der Waals surface area contributed by atoms with Crippen LogP contribution >= 0.6 is 0 Å². The van der Waals surface area contributed by atoms with Crippen molar-refractivity contribution in [1.82, 2.24) is 4.72 Å². The van der Waals surface area contributed by atoms with Crippen LogP contribution in [0.15, 0.2) is 29.2 Å². The van der Waals surface area contributed by atoms with E-state index in [1.54, 1.807) is 24.3 Å². The van der Waals surface area contributed by atoms with Crippen LogP contribution in [0.2, 0.25) is 0 Å². The van der Waals surface area contributed by atoms with Crippen LogP contribution in [0.3, 0.4) is 0 Å². The molecule has 0 radical (unpaired) electrons. The predicted octanol–water partition coefficient (Wildman–Crippen LogP) is 2.25. The Morgan fingerprint density at radius 3 is 2.16 bits per heavy atom. The fourth-order valence-electron chi connectivity index (χ4n) is 1.78. The maximum Gasteiger partial charge on any atom is 0.240 e. The summed E-state index contributed by atoms with van der Waals surface area (Å²) in [6, 6.07) is 6.63. The smallest absolute Gasteiger partial charge is 0.240 e. The van der Waals surface area contributed by atoms with Gasteiger partial charge in [0.2, 0.25) is 10.0 Å². The Bertz CT molecular complexity index is 481. The van der Waals surface area contributed by atoms with Crippen LogP contribution in [0.25, 0.3) is 0 Å². The lowest BCUT2D eigenvalue weighted by atomic mass is 10.1. The number of hydrogen-bond donors (Lipinski definition) is 2. The maximum atomic E-state index is 12.1. The second kappa shape index (κ2) is 7.03. The molecule has 0 saturated carbocycles. The van der Waals surface area contributed by atoms with Gasteiger partial charge in [-0.3, -0.25) is 0 Å². The van der Waals surface area contributed by atoms with Crippen LogP contribution < -0.4 is 10.5 Å². The number of nitrogens with two attached hydrogens (primary N) is 1. The third kappa shape index (κ3) is 5.30. The van der Waals surface area contributed by atoms with Gasteiger partial charge in [0.05, 0.1) is 4.90 Å². The van der Waals surface area contributed by atoms with Crippen molar-refractivity contribution in [2.75, 3.05) is 0 Å². The molecule has 5 heteroatoms. The Hall–Kier alpha value is -0.910. The summed E-state index contributed by atoms with van der Waals surface area (Å²) in [7, 11) is -3.42. The summed E-state index contributed by atoms with van der Waals surface area (Å²) < 4.78 is 27.0. The summed E-state index contributed by atoms with van der Waals surface area (Å²) in [6.45, 7) is 6.58. The minimum absolute atomic E-state index is 0.0541. The zero-order valence-corrected chi connectivity index (χ0v) is 12.7. The first-order valence-electron chi connectivity index (χ1n) is 6.66. The molecule has 0 saturated heterocycles. The molecular weight excluding hydrogens is 260 g/mol. The van der Waals surface area contributed by atoms with E-state index in [1.807, 2.05) is 6.92 Å². The zero-order valence-electron chi connectivity index (χ0n) is 11.9. The largest absolute Gasteiger partial charge is 0.326 e. The van der Waals surface area contributed by atoms with Gasteiger partial charge in [0.1, 0.15) is 0 Å². The number of hydrogen-bond acceptors (Lipinski definition) is 3. The SMILES string of the molecule is CC(C)CCC(C)NS(=O)(=O)c1ccc(CN)cc1. The second-order valence-electron chi connectivity index (χ2n) is 5.34. The van der Waals surface area contributed by atoms with Crippen molar-refractivity contribution in [3.05, 3.63) is 29.8 Å². The zero-order chi connectivity index (χ0) is 14.5. The third-order valence-corrected chi connectivity index (χ3v) is 4.61. The number of nitrogens with one attached hydrogen (secondary N) is 1. The first kappa shape index (κ1) is 16.1. The first-order chi connectivity index (χ1) is 8.85. The Morgan fingerprint density at radius 1 is 1.11 bits per heavy atom. The van der Waals surface area contributed by atoms with E-state index in [-0.39, 0.29) is 6.04 Å².